The lowest BCUT2D eigenvalue weighted by atomic mass is 10.1. The summed E-state index contributed by atoms with van der Waals surface area (Å²) in [4.78, 5) is 4.48. The maximum Gasteiger partial charge on any atom is 0.208 e. The van der Waals surface area contributed by atoms with E-state index in [0.717, 1.165) is 17.8 Å². The van der Waals surface area contributed by atoms with Gasteiger partial charge in [0.2, 0.25) is 5.16 Å². The van der Waals surface area contributed by atoms with Crippen molar-refractivity contribution in [1.29, 1.82) is 0 Å². The molecular weight excluding hydrogens is 286 g/mol. The van der Waals surface area contributed by atoms with Crippen LogP contribution in [-0.2, 0) is 17.6 Å². The van der Waals surface area contributed by atoms with Crippen LogP contribution in [0.25, 0.3) is 11.4 Å². The first-order valence-corrected chi connectivity index (χ1v) is 8.09. The molecule has 2 N–H and O–H groups in total. The number of thioether (sulfide) groups is 1. The van der Waals surface area contributed by atoms with E-state index in [1.54, 1.807) is 7.11 Å². The number of nitrogens with one attached hydrogen (secondary N) is 1. The molecule has 6 heteroatoms. The lowest BCUT2D eigenvalue weighted by molar-refractivity contribution is 0.0794. The lowest BCUT2D eigenvalue weighted by Gasteiger charge is -2.06. The Balaban J connectivity index is 1.67. The molecule has 21 heavy (non-hydrogen) atoms. The number of ether oxygens (including phenoxy) is 1. The molecular formula is C15H19N3O2S. The van der Waals surface area contributed by atoms with E-state index < -0.39 is 6.10 Å². The Morgan fingerprint density at radius 1 is 1.38 bits per heavy atom. The molecule has 1 atom stereocenters. The first-order valence-electron chi connectivity index (χ1n) is 7.10. The summed E-state index contributed by atoms with van der Waals surface area (Å²) < 4.78 is 4.90. The average Bonchev–Trinajstić information content (AvgIpc) is 3.13. The van der Waals surface area contributed by atoms with Crippen LogP contribution in [0.3, 0.4) is 0 Å². The fourth-order valence-electron chi connectivity index (χ4n) is 2.57. The molecule has 112 valence electrons. The summed E-state index contributed by atoms with van der Waals surface area (Å²) in [6, 6.07) is 6.49. The van der Waals surface area contributed by atoms with Crippen LogP contribution in [0.1, 0.15) is 17.5 Å². The maximum absolute atomic E-state index is 9.63. The highest BCUT2D eigenvalue weighted by atomic mass is 32.2. The van der Waals surface area contributed by atoms with Gasteiger partial charge < -0.3 is 9.84 Å². The Morgan fingerprint density at radius 3 is 3.10 bits per heavy atom. The van der Waals surface area contributed by atoms with Gasteiger partial charge in [0.15, 0.2) is 5.82 Å². The van der Waals surface area contributed by atoms with Gasteiger partial charge in [-0.3, -0.25) is 5.10 Å². The molecule has 0 saturated heterocycles. The van der Waals surface area contributed by atoms with E-state index >= 15 is 0 Å². The van der Waals surface area contributed by atoms with Gasteiger partial charge >= 0.3 is 0 Å². The fourth-order valence-corrected chi connectivity index (χ4v) is 3.27. The number of benzene rings is 1. The zero-order valence-electron chi connectivity index (χ0n) is 12.0. The number of aliphatic hydroxyl groups is 1. The Kier molecular flexibility index (Phi) is 4.57. The van der Waals surface area contributed by atoms with Crippen LogP contribution in [0.15, 0.2) is 23.4 Å². The topological polar surface area (TPSA) is 71.0 Å². The van der Waals surface area contributed by atoms with E-state index in [9.17, 15) is 5.11 Å². The molecule has 1 aromatic heterocycles. The third-order valence-electron chi connectivity index (χ3n) is 3.60. The second kappa shape index (κ2) is 6.60. The smallest absolute Gasteiger partial charge is 0.208 e. The molecule has 3 rings (SSSR count). The number of hydrogen-bond acceptors (Lipinski definition) is 5. The summed E-state index contributed by atoms with van der Waals surface area (Å²) in [5.41, 5.74) is 3.96. The van der Waals surface area contributed by atoms with Crippen molar-refractivity contribution >= 4 is 11.8 Å². The van der Waals surface area contributed by atoms with Gasteiger partial charge in [-0.1, -0.05) is 23.9 Å². The first-order chi connectivity index (χ1) is 10.3. The predicted molar refractivity (Wildman–Crippen MR) is 82.5 cm³/mol. The van der Waals surface area contributed by atoms with Crippen molar-refractivity contribution in [3.05, 3.63) is 29.3 Å². The molecule has 0 spiro atoms. The van der Waals surface area contributed by atoms with E-state index in [4.69, 9.17) is 4.74 Å². The summed E-state index contributed by atoms with van der Waals surface area (Å²) in [5, 5.41) is 17.4. The second-order valence-corrected chi connectivity index (χ2v) is 6.21. The molecule has 5 nitrogen and oxygen atoms in total. The molecule has 1 heterocycles. The van der Waals surface area contributed by atoms with E-state index in [1.165, 1.54) is 35.7 Å². The summed E-state index contributed by atoms with van der Waals surface area (Å²) >= 11 is 1.43. The monoisotopic (exact) mass is 305 g/mol. The number of fused-ring (bicyclic) bond motifs is 1. The highest BCUT2D eigenvalue weighted by Gasteiger charge is 2.14. The third-order valence-corrected chi connectivity index (χ3v) is 4.59. The standard InChI is InChI=1S/C15H19N3O2S/c1-20-8-13(19)9-21-15-16-14(17-18-15)12-6-5-10-3-2-4-11(10)7-12/h5-7,13,19H,2-4,8-9H2,1H3,(H,16,17,18)/t13-/m0/s1. The van der Waals surface area contributed by atoms with Crippen LogP contribution in [0.4, 0.5) is 0 Å². The van der Waals surface area contributed by atoms with Crippen LogP contribution >= 0.6 is 11.8 Å². The molecule has 0 saturated carbocycles. The molecule has 0 aliphatic heterocycles. The van der Waals surface area contributed by atoms with Crippen molar-refractivity contribution in [1.82, 2.24) is 15.2 Å². The number of rotatable bonds is 6. The Labute approximate surface area is 128 Å². The zero-order chi connectivity index (χ0) is 14.7. The number of hydrogen-bond donors (Lipinski definition) is 2. The van der Waals surface area contributed by atoms with Crippen LogP contribution in [-0.4, -0.2) is 45.9 Å². The maximum atomic E-state index is 9.63. The minimum Gasteiger partial charge on any atom is -0.390 e. The van der Waals surface area contributed by atoms with Crippen LogP contribution in [0.2, 0.25) is 0 Å². The summed E-state index contributed by atoms with van der Waals surface area (Å²) in [7, 11) is 1.58. The molecule has 0 amide bonds. The molecule has 0 unspecified atom stereocenters. The van der Waals surface area contributed by atoms with Crippen molar-refractivity contribution in [2.24, 2.45) is 0 Å². The van der Waals surface area contributed by atoms with Gasteiger partial charge in [0.1, 0.15) is 0 Å². The van der Waals surface area contributed by atoms with Crippen LogP contribution in [0.5, 0.6) is 0 Å². The van der Waals surface area contributed by atoms with E-state index in [1.807, 2.05) is 0 Å². The van der Waals surface area contributed by atoms with Crippen LogP contribution < -0.4 is 0 Å². The number of aromatic nitrogens is 3. The first kappa shape index (κ1) is 14.6. The van der Waals surface area contributed by atoms with Gasteiger partial charge in [0.25, 0.3) is 0 Å². The number of nitrogens with zero attached hydrogens (tertiary/aromatic N) is 2. The summed E-state index contributed by atoms with van der Waals surface area (Å²) in [5.74, 6) is 1.31. The van der Waals surface area contributed by atoms with Crippen molar-refractivity contribution in [3.8, 4) is 11.4 Å². The Morgan fingerprint density at radius 2 is 2.24 bits per heavy atom. The molecule has 1 aliphatic carbocycles. The number of methoxy groups -OCH3 is 1. The van der Waals surface area contributed by atoms with Crippen molar-refractivity contribution < 1.29 is 9.84 Å². The van der Waals surface area contributed by atoms with Crippen molar-refractivity contribution in [2.75, 3.05) is 19.5 Å². The van der Waals surface area contributed by atoms with Gasteiger partial charge in [-0.25, -0.2) is 4.98 Å². The number of aliphatic hydroxyl groups excluding tert-OH is 1. The molecule has 1 aromatic carbocycles. The molecule has 0 fully saturated rings. The predicted octanol–water partition coefficient (Wildman–Crippen LogP) is 2.06. The minimum atomic E-state index is -0.498. The highest BCUT2D eigenvalue weighted by molar-refractivity contribution is 7.99. The van der Waals surface area contributed by atoms with Gasteiger partial charge in [0.05, 0.1) is 12.7 Å². The minimum absolute atomic E-state index is 0.328. The van der Waals surface area contributed by atoms with E-state index in [0.29, 0.717) is 17.5 Å². The lowest BCUT2D eigenvalue weighted by Crippen LogP contribution is -2.16. The Bertz CT molecular complexity index is 615. The van der Waals surface area contributed by atoms with Gasteiger partial charge in [-0.05, 0) is 36.5 Å². The van der Waals surface area contributed by atoms with Gasteiger partial charge in [-0.15, -0.1) is 5.10 Å². The normalized spacial score (nSPS) is 15.1. The second-order valence-electron chi connectivity index (χ2n) is 5.22. The quantitative estimate of drug-likeness (QED) is 0.799. The zero-order valence-corrected chi connectivity index (χ0v) is 12.8. The number of H-pyrrole nitrogens is 1. The molecule has 0 radical (unpaired) electrons. The molecule has 0 bridgehead atoms. The Hall–Kier alpha value is -1.37. The fraction of sp³-hybridized carbons (Fsp3) is 0.467. The third kappa shape index (κ3) is 3.45. The molecule has 2 aromatic rings. The number of aryl methyl sites for hydroxylation is 2. The van der Waals surface area contributed by atoms with Crippen LogP contribution in [0, 0.1) is 0 Å². The highest BCUT2D eigenvalue weighted by Crippen LogP contribution is 2.27. The SMILES string of the molecule is COC[C@H](O)CSc1n[nH]c(-c2ccc3c(c2)CCC3)n1. The van der Waals surface area contributed by atoms with E-state index in [-0.39, 0.29) is 0 Å². The van der Waals surface area contributed by atoms with Crippen molar-refractivity contribution in [3.63, 3.8) is 0 Å². The average molecular weight is 305 g/mol. The molecule has 1 aliphatic rings. The van der Waals surface area contributed by atoms with E-state index in [2.05, 4.69) is 33.4 Å². The van der Waals surface area contributed by atoms with Gasteiger partial charge in [-0.2, -0.15) is 0 Å². The largest absolute Gasteiger partial charge is 0.390 e. The van der Waals surface area contributed by atoms with Crippen molar-refractivity contribution in [2.45, 2.75) is 30.5 Å². The summed E-state index contributed by atoms with van der Waals surface area (Å²) in [6.07, 6.45) is 3.09. The number of aromatic amines is 1. The summed E-state index contributed by atoms with van der Waals surface area (Å²) in [6.45, 7) is 0.328. The van der Waals surface area contributed by atoms with Gasteiger partial charge in [0, 0.05) is 18.4 Å².